The lowest BCUT2D eigenvalue weighted by Crippen LogP contribution is -2.35. The standard InChI is InChI=1S/C17H16ClF2N3O2S/c1-10-13(18)3-2-4-14(10)23-15(24)9-21-17(26)22-11-5-7-12(8-6-11)25-16(19)20/h2-8,16H,9H2,1H3,(H,23,24)(H2,21,22,26). The van der Waals surface area contributed by atoms with Gasteiger partial charge in [-0.25, -0.2) is 0 Å². The molecule has 2 aromatic rings. The number of anilines is 2. The van der Waals surface area contributed by atoms with Crippen molar-refractivity contribution in [3.63, 3.8) is 0 Å². The number of thiocarbonyl (C=S) groups is 1. The van der Waals surface area contributed by atoms with Crippen molar-refractivity contribution >= 4 is 46.2 Å². The molecule has 0 atom stereocenters. The average molecular weight is 400 g/mol. The lowest BCUT2D eigenvalue weighted by Gasteiger charge is -2.12. The minimum absolute atomic E-state index is 0.0423. The Hall–Kier alpha value is -2.45. The summed E-state index contributed by atoms with van der Waals surface area (Å²) in [5, 5.41) is 9.11. The van der Waals surface area contributed by atoms with E-state index < -0.39 is 6.61 Å². The number of amides is 1. The van der Waals surface area contributed by atoms with Gasteiger partial charge >= 0.3 is 6.61 Å². The Morgan fingerprint density at radius 2 is 1.88 bits per heavy atom. The second kappa shape index (κ2) is 9.30. The number of ether oxygens (including phenoxy) is 1. The first-order valence-corrected chi connectivity index (χ1v) is 8.28. The number of hydrogen-bond acceptors (Lipinski definition) is 3. The maximum absolute atomic E-state index is 12.1. The van der Waals surface area contributed by atoms with Gasteiger partial charge in [-0.3, -0.25) is 4.79 Å². The van der Waals surface area contributed by atoms with Crippen molar-refractivity contribution in [2.24, 2.45) is 0 Å². The van der Waals surface area contributed by atoms with Crippen LogP contribution in [0.1, 0.15) is 5.56 Å². The van der Waals surface area contributed by atoms with Gasteiger partial charge in [-0.2, -0.15) is 8.78 Å². The van der Waals surface area contributed by atoms with Gasteiger partial charge < -0.3 is 20.7 Å². The van der Waals surface area contributed by atoms with Gasteiger partial charge in [0.1, 0.15) is 5.75 Å². The van der Waals surface area contributed by atoms with Gasteiger partial charge in [0.05, 0.1) is 6.54 Å². The molecular formula is C17H16ClF2N3O2S. The molecule has 0 aliphatic carbocycles. The maximum atomic E-state index is 12.1. The molecule has 0 spiro atoms. The van der Waals surface area contributed by atoms with Crippen LogP contribution in [0.3, 0.4) is 0 Å². The molecule has 9 heteroatoms. The van der Waals surface area contributed by atoms with Gasteiger partial charge in [0, 0.05) is 16.4 Å². The maximum Gasteiger partial charge on any atom is 0.387 e. The second-order valence-corrected chi connectivity index (χ2v) is 5.99. The number of carbonyl (C=O) groups is 1. The molecule has 0 heterocycles. The van der Waals surface area contributed by atoms with E-state index in [1.54, 1.807) is 25.1 Å². The molecule has 1 amide bonds. The van der Waals surface area contributed by atoms with E-state index in [1.807, 2.05) is 0 Å². The van der Waals surface area contributed by atoms with E-state index in [0.29, 0.717) is 16.4 Å². The highest BCUT2D eigenvalue weighted by Crippen LogP contribution is 2.22. The molecule has 0 unspecified atom stereocenters. The molecule has 5 nitrogen and oxygen atoms in total. The van der Waals surface area contributed by atoms with Crippen LogP contribution in [-0.2, 0) is 4.79 Å². The van der Waals surface area contributed by atoms with E-state index >= 15 is 0 Å². The van der Waals surface area contributed by atoms with Crippen LogP contribution in [-0.4, -0.2) is 24.2 Å². The van der Waals surface area contributed by atoms with Crippen molar-refractivity contribution in [2.45, 2.75) is 13.5 Å². The molecule has 2 rings (SSSR count). The zero-order valence-electron chi connectivity index (χ0n) is 13.7. The molecule has 0 bridgehead atoms. The van der Waals surface area contributed by atoms with Crippen molar-refractivity contribution in [2.75, 3.05) is 17.2 Å². The van der Waals surface area contributed by atoms with E-state index in [0.717, 1.165) is 5.56 Å². The van der Waals surface area contributed by atoms with Gasteiger partial charge in [-0.1, -0.05) is 17.7 Å². The molecule has 2 aromatic carbocycles. The molecule has 0 aromatic heterocycles. The molecule has 0 saturated carbocycles. The monoisotopic (exact) mass is 399 g/mol. The van der Waals surface area contributed by atoms with Gasteiger partial charge in [0.25, 0.3) is 0 Å². The number of carbonyl (C=O) groups excluding carboxylic acids is 1. The van der Waals surface area contributed by atoms with Gasteiger partial charge in [0.15, 0.2) is 5.11 Å². The fraction of sp³-hybridized carbons (Fsp3) is 0.176. The third-order valence-corrected chi connectivity index (χ3v) is 3.94. The van der Waals surface area contributed by atoms with Crippen LogP contribution >= 0.6 is 23.8 Å². The van der Waals surface area contributed by atoms with Crippen molar-refractivity contribution in [3.05, 3.63) is 53.1 Å². The highest BCUT2D eigenvalue weighted by Gasteiger charge is 2.08. The SMILES string of the molecule is Cc1c(Cl)cccc1NC(=O)CNC(=S)Nc1ccc(OC(F)F)cc1. The molecular weight excluding hydrogens is 384 g/mol. The summed E-state index contributed by atoms with van der Waals surface area (Å²) in [6.45, 7) is -1.12. The average Bonchev–Trinajstić information content (AvgIpc) is 2.58. The van der Waals surface area contributed by atoms with E-state index in [9.17, 15) is 13.6 Å². The minimum Gasteiger partial charge on any atom is -0.435 e. The number of alkyl halides is 2. The molecule has 26 heavy (non-hydrogen) atoms. The zero-order chi connectivity index (χ0) is 19.1. The van der Waals surface area contributed by atoms with E-state index in [1.165, 1.54) is 24.3 Å². The van der Waals surface area contributed by atoms with E-state index in [-0.39, 0.29) is 23.3 Å². The van der Waals surface area contributed by atoms with Crippen molar-refractivity contribution < 1.29 is 18.3 Å². The third-order valence-electron chi connectivity index (χ3n) is 3.29. The number of nitrogens with one attached hydrogen (secondary N) is 3. The van der Waals surface area contributed by atoms with Crippen molar-refractivity contribution in [3.8, 4) is 5.75 Å². The summed E-state index contributed by atoms with van der Waals surface area (Å²) in [6, 6.07) is 11.0. The molecule has 0 saturated heterocycles. The smallest absolute Gasteiger partial charge is 0.387 e. The predicted molar refractivity (Wildman–Crippen MR) is 102 cm³/mol. The minimum atomic E-state index is -2.88. The van der Waals surface area contributed by atoms with Gasteiger partial charge in [-0.15, -0.1) is 0 Å². The number of hydrogen-bond donors (Lipinski definition) is 3. The van der Waals surface area contributed by atoms with E-state index in [4.69, 9.17) is 23.8 Å². The Labute approximate surface area is 159 Å². The zero-order valence-corrected chi connectivity index (χ0v) is 15.3. The summed E-state index contributed by atoms with van der Waals surface area (Å²) in [5.74, 6) is -0.249. The summed E-state index contributed by atoms with van der Waals surface area (Å²) in [4.78, 5) is 12.0. The van der Waals surface area contributed by atoms with Gasteiger partial charge in [0.2, 0.25) is 5.91 Å². The first kappa shape index (κ1) is 19.9. The van der Waals surface area contributed by atoms with Crippen LogP contribution in [0, 0.1) is 6.92 Å². The predicted octanol–water partition coefficient (Wildman–Crippen LogP) is 4.17. The number of halogens is 3. The molecule has 0 fully saturated rings. The highest BCUT2D eigenvalue weighted by atomic mass is 35.5. The van der Waals surface area contributed by atoms with Crippen molar-refractivity contribution in [1.29, 1.82) is 0 Å². The van der Waals surface area contributed by atoms with Crippen LogP contribution in [0.2, 0.25) is 5.02 Å². The van der Waals surface area contributed by atoms with E-state index in [2.05, 4.69) is 20.7 Å². The van der Waals surface area contributed by atoms with Gasteiger partial charge in [-0.05, 0) is 61.1 Å². The topological polar surface area (TPSA) is 62.4 Å². The van der Waals surface area contributed by atoms with Crippen LogP contribution in [0.4, 0.5) is 20.2 Å². The molecule has 0 radical (unpaired) electrons. The van der Waals surface area contributed by atoms with Crippen LogP contribution in [0.15, 0.2) is 42.5 Å². The summed E-state index contributed by atoms with van der Waals surface area (Å²) < 4.78 is 28.4. The Morgan fingerprint density at radius 3 is 2.54 bits per heavy atom. The molecule has 0 aliphatic heterocycles. The van der Waals surface area contributed by atoms with Crippen molar-refractivity contribution in [1.82, 2.24) is 5.32 Å². The summed E-state index contributed by atoms with van der Waals surface area (Å²) >= 11 is 11.1. The first-order valence-electron chi connectivity index (χ1n) is 7.50. The fourth-order valence-corrected chi connectivity index (χ4v) is 2.36. The summed E-state index contributed by atoms with van der Waals surface area (Å²) in [5.41, 5.74) is 1.96. The normalized spacial score (nSPS) is 10.3. The summed E-state index contributed by atoms with van der Waals surface area (Å²) in [6.07, 6.45) is 0. The number of rotatable bonds is 6. The fourth-order valence-electron chi connectivity index (χ4n) is 1.99. The Bertz CT molecular complexity index is 788. The Balaban J connectivity index is 1.81. The van der Waals surface area contributed by atoms with Crippen LogP contribution < -0.4 is 20.7 Å². The largest absolute Gasteiger partial charge is 0.435 e. The lowest BCUT2D eigenvalue weighted by molar-refractivity contribution is -0.115. The number of benzene rings is 2. The summed E-state index contributed by atoms with van der Waals surface area (Å²) in [7, 11) is 0. The second-order valence-electron chi connectivity index (χ2n) is 5.17. The first-order chi connectivity index (χ1) is 12.3. The quantitative estimate of drug-likeness (QED) is 0.636. The highest BCUT2D eigenvalue weighted by molar-refractivity contribution is 7.80. The molecule has 0 aliphatic rings. The molecule has 138 valence electrons. The molecule has 3 N–H and O–H groups in total. The Morgan fingerprint density at radius 1 is 1.19 bits per heavy atom. The lowest BCUT2D eigenvalue weighted by atomic mass is 10.2. The van der Waals surface area contributed by atoms with Crippen LogP contribution in [0.5, 0.6) is 5.75 Å². The van der Waals surface area contributed by atoms with Crippen LogP contribution in [0.25, 0.3) is 0 Å². The third kappa shape index (κ3) is 6.12. The Kier molecular flexibility index (Phi) is 7.11.